The number of ether oxygens (including phenoxy) is 1. The van der Waals surface area contributed by atoms with E-state index in [1.165, 1.54) is 11.1 Å². The first kappa shape index (κ1) is 13.9. The summed E-state index contributed by atoms with van der Waals surface area (Å²) in [6, 6.07) is 16.4. The average Bonchev–Trinajstić information content (AvgIpc) is 2.76. The molecule has 0 spiro atoms. The van der Waals surface area contributed by atoms with E-state index in [9.17, 15) is 4.79 Å². The average molecular weight is 280 g/mol. The first-order valence-corrected chi connectivity index (χ1v) is 7.38. The zero-order valence-electron chi connectivity index (χ0n) is 12.7. The van der Waals surface area contributed by atoms with Crippen molar-refractivity contribution in [1.29, 1.82) is 0 Å². The molecule has 1 fully saturated rings. The molecule has 21 heavy (non-hydrogen) atoms. The van der Waals surface area contributed by atoms with E-state index in [1.54, 1.807) is 0 Å². The van der Waals surface area contributed by atoms with Crippen LogP contribution in [0.4, 0.5) is 0 Å². The quantitative estimate of drug-likeness (QED) is 0.779. The normalized spacial score (nSPS) is 20.3. The molecule has 1 atom stereocenters. The Morgan fingerprint density at radius 2 is 1.33 bits per heavy atom. The molecule has 0 saturated carbocycles. The second kappa shape index (κ2) is 5.03. The first-order chi connectivity index (χ1) is 10.0. The van der Waals surface area contributed by atoms with Crippen molar-refractivity contribution >= 4 is 5.97 Å². The van der Waals surface area contributed by atoms with E-state index in [-0.39, 0.29) is 12.1 Å². The fourth-order valence-electron chi connectivity index (χ4n) is 3.15. The zero-order valence-corrected chi connectivity index (χ0v) is 12.7. The van der Waals surface area contributed by atoms with Crippen LogP contribution in [-0.4, -0.2) is 12.1 Å². The Labute approximate surface area is 125 Å². The molecular formula is C19H20O2. The van der Waals surface area contributed by atoms with Crippen LogP contribution in [0.1, 0.15) is 35.6 Å². The summed E-state index contributed by atoms with van der Waals surface area (Å²) >= 11 is 0. The Morgan fingerprint density at radius 3 is 1.67 bits per heavy atom. The third kappa shape index (κ3) is 2.25. The van der Waals surface area contributed by atoms with Crippen LogP contribution >= 0.6 is 0 Å². The number of aryl methyl sites for hydroxylation is 2. The zero-order chi connectivity index (χ0) is 15.0. The molecule has 0 amide bonds. The summed E-state index contributed by atoms with van der Waals surface area (Å²) in [5, 5.41) is 0. The van der Waals surface area contributed by atoms with Gasteiger partial charge in [-0.2, -0.15) is 0 Å². The summed E-state index contributed by atoms with van der Waals surface area (Å²) < 4.78 is 5.51. The number of rotatable bonds is 2. The molecule has 2 aromatic carbocycles. The van der Waals surface area contributed by atoms with Gasteiger partial charge in [0, 0.05) is 6.42 Å². The van der Waals surface area contributed by atoms with Crippen LogP contribution in [0.3, 0.4) is 0 Å². The van der Waals surface area contributed by atoms with Gasteiger partial charge < -0.3 is 4.74 Å². The number of carbonyl (C=O) groups is 1. The molecule has 1 aliphatic rings. The molecule has 108 valence electrons. The maximum absolute atomic E-state index is 12.7. The number of hydrogen-bond acceptors (Lipinski definition) is 2. The molecule has 1 saturated heterocycles. The maximum atomic E-state index is 12.7. The van der Waals surface area contributed by atoms with Gasteiger partial charge in [-0.25, -0.2) is 0 Å². The van der Waals surface area contributed by atoms with Crippen LogP contribution in [0.25, 0.3) is 0 Å². The number of esters is 1. The Balaban J connectivity index is 2.18. The molecule has 1 heterocycles. The predicted octanol–water partition coefficient (Wildman–Crippen LogP) is 3.92. The number of benzene rings is 2. The summed E-state index contributed by atoms with van der Waals surface area (Å²) in [4.78, 5) is 12.7. The molecule has 0 aromatic heterocycles. The van der Waals surface area contributed by atoms with Gasteiger partial charge in [-0.3, -0.25) is 4.79 Å². The summed E-state index contributed by atoms with van der Waals surface area (Å²) in [6.45, 7) is 6.07. The summed E-state index contributed by atoms with van der Waals surface area (Å²) in [5.41, 5.74) is 3.76. The minimum Gasteiger partial charge on any atom is -0.462 e. The van der Waals surface area contributed by atoms with Gasteiger partial charge in [-0.1, -0.05) is 59.7 Å². The molecule has 3 rings (SSSR count). The summed E-state index contributed by atoms with van der Waals surface area (Å²) in [5.74, 6) is -0.136. The van der Waals surface area contributed by atoms with Crippen LogP contribution < -0.4 is 0 Å². The highest BCUT2D eigenvalue weighted by Crippen LogP contribution is 2.43. The van der Waals surface area contributed by atoms with Crippen LogP contribution in [-0.2, 0) is 14.9 Å². The molecule has 1 unspecified atom stereocenters. The third-order valence-electron chi connectivity index (χ3n) is 4.34. The molecule has 2 nitrogen and oxygen atoms in total. The molecule has 0 bridgehead atoms. The lowest BCUT2D eigenvalue weighted by molar-refractivity contribution is -0.144. The van der Waals surface area contributed by atoms with Crippen LogP contribution in [0.5, 0.6) is 0 Å². The fraction of sp³-hybridized carbons (Fsp3) is 0.316. The van der Waals surface area contributed by atoms with Gasteiger partial charge in [0.15, 0.2) is 0 Å². The fourth-order valence-corrected chi connectivity index (χ4v) is 3.15. The van der Waals surface area contributed by atoms with E-state index in [0.717, 1.165) is 11.1 Å². The van der Waals surface area contributed by atoms with Crippen molar-refractivity contribution in [3.63, 3.8) is 0 Å². The Bertz CT molecular complexity index is 607. The van der Waals surface area contributed by atoms with Crippen molar-refractivity contribution in [2.75, 3.05) is 0 Å². The van der Waals surface area contributed by atoms with Crippen molar-refractivity contribution in [1.82, 2.24) is 0 Å². The standard InChI is InChI=1S/C19H20O2/c1-13-4-8-16(9-5-13)19(12-15(3)21-18(19)20)17-10-6-14(2)7-11-17/h4-11,15H,12H2,1-3H3. The van der Waals surface area contributed by atoms with Gasteiger partial charge in [0.25, 0.3) is 0 Å². The smallest absolute Gasteiger partial charge is 0.321 e. The van der Waals surface area contributed by atoms with E-state index in [1.807, 2.05) is 6.92 Å². The lowest BCUT2D eigenvalue weighted by Crippen LogP contribution is -2.33. The van der Waals surface area contributed by atoms with Gasteiger partial charge in [-0.15, -0.1) is 0 Å². The van der Waals surface area contributed by atoms with Crippen molar-refractivity contribution in [2.45, 2.75) is 38.7 Å². The molecule has 0 radical (unpaired) electrons. The second-order valence-corrected chi connectivity index (χ2v) is 6.06. The predicted molar refractivity (Wildman–Crippen MR) is 83.3 cm³/mol. The Kier molecular flexibility index (Phi) is 3.32. The second-order valence-electron chi connectivity index (χ2n) is 6.06. The minimum atomic E-state index is -0.666. The highest BCUT2D eigenvalue weighted by atomic mass is 16.6. The summed E-state index contributed by atoms with van der Waals surface area (Å²) in [7, 11) is 0. The van der Waals surface area contributed by atoms with E-state index < -0.39 is 5.41 Å². The lowest BCUT2D eigenvalue weighted by atomic mass is 9.72. The van der Waals surface area contributed by atoms with Crippen LogP contribution in [0.2, 0.25) is 0 Å². The molecular weight excluding hydrogens is 260 g/mol. The van der Waals surface area contributed by atoms with E-state index in [2.05, 4.69) is 62.4 Å². The number of cyclic esters (lactones) is 1. The van der Waals surface area contributed by atoms with E-state index in [0.29, 0.717) is 6.42 Å². The van der Waals surface area contributed by atoms with Gasteiger partial charge in [0.05, 0.1) is 0 Å². The van der Waals surface area contributed by atoms with Crippen molar-refractivity contribution < 1.29 is 9.53 Å². The van der Waals surface area contributed by atoms with Gasteiger partial charge >= 0.3 is 5.97 Å². The van der Waals surface area contributed by atoms with Crippen molar-refractivity contribution in [2.24, 2.45) is 0 Å². The highest BCUT2D eigenvalue weighted by molar-refractivity contribution is 5.89. The van der Waals surface area contributed by atoms with Crippen molar-refractivity contribution in [3.05, 3.63) is 70.8 Å². The minimum absolute atomic E-state index is 0.0555. The third-order valence-corrected chi connectivity index (χ3v) is 4.34. The maximum Gasteiger partial charge on any atom is 0.321 e. The van der Waals surface area contributed by atoms with Gasteiger partial charge in [-0.05, 0) is 31.9 Å². The Morgan fingerprint density at radius 1 is 0.905 bits per heavy atom. The summed E-state index contributed by atoms with van der Waals surface area (Å²) in [6.07, 6.45) is 0.637. The van der Waals surface area contributed by atoms with E-state index >= 15 is 0 Å². The van der Waals surface area contributed by atoms with Gasteiger partial charge in [0.1, 0.15) is 11.5 Å². The molecule has 2 heteroatoms. The van der Waals surface area contributed by atoms with E-state index in [4.69, 9.17) is 4.74 Å². The molecule has 1 aliphatic heterocycles. The largest absolute Gasteiger partial charge is 0.462 e. The first-order valence-electron chi connectivity index (χ1n) is 7.38. The van der Waals surface area contributed by atoms with Crippen molar-refractivity contribution in [3.8, 4) is 0 Å². The van der Waals surface area contributed by atoms with Gasteiger partial charge in [0.2, 0.25) is 0 Å². The molecule has 2 aromatic rings. The van der Waals surface area contributed by atoms with Crippen LogP contribution in [0, 0.1) is 13.8 Å². The highest BCUT2D eigenvalue weighted by Gasteiger charge is 2.50. The lowest BCUT2D eigenvalue weighted by Gasteiger charge is -2.26. The topological polar surface area (TPSA) is 26.3 Å². The van der Waals surface area contributed by atoms with Crippen LogP contribution in [0.15, 0.2) is 48.5 Å². The Hall–Kier alpha value is -2.09. The monoisotopic (exact) mass is 280 g/mol. The molecule has 0 aliphatic carbocycles. The SMILES string of the molecule is Cc1ccc(C2(c3ccc(C)cc3)CC(C)OC2=O)cc1. The molecule has 0 N–H and O–H groups in total. The number of carbonyl (C=O) groups excluding carboxylic acids is 1. The number of hydrogen-bond donors (Lipinski definition) is 0.